The highest BCUT2D eigenvalue weighted by atomic mass is 16.1. The Morgan fingerprint density at radius 1 is 1.62 bits per heavy atom. The van der Waals surface area contributed by atoms with Gasteiger partial charge in [-0.25, -0.2) is 4.68 Å². The van der Waals surface area contributed by atoms with Crippen LogP contribution in [0.4, 0.5) is 0 Å². The first-order valence-corrected chi connectivity index (χ1v) is 4.32. The number of rotatable bonds is 3. The number of carbonyl (C=O) groups is 1. The van der Waals surface area contributed by atoms with Crippen LogP contribution in [0, 0.1) is 5.92 Å². The third-order valence-electron chi connectivity index (χ3n) is 2.12. The Morgan fingerprint density at radius 2 is 2.38 bits per heavy atom. The van der Waals surface area contributed by atoms with Crippen molar-refractivity contribution in [2.24, 2.45) is 5.92 Å². The van der Waals surface area contributed by atoms with Gasteiger partial charge in [-0.2, -0.15) is 5.10 Å². The van der Waals surface area contributed by atoms with Gasteiger partial charge in [-0.3, -0.25) is 9.59 Å². The second-order valence-corrected chi connectivity index (χ2v) is 3.26. The molecule has 0 saturated heterocycles. The lowest BCUT2D eigenvalue weighted by molar-refractivity contribution is -0.121. The number of ketones is 1. The lowest BCUT2D eigenvalue weighted by Gasteiger charge is -2.00. The van der Waals surface area contributed by atoms with Crippen LogP contribution in [0.15, 0.2) is 23.1 Å². The molecule has 1 heterocycles. The zero-order valence-corrected chi connectivity index (χ0v) is 7.14. The molecule has 68 valence electrons. The van der Waals surface area contributed by atoms with Crippen LogP contribution < -0.4 is 5.56 Å². The average molecular weight is 178 g/mol. The summed E-state index contributed by atoms with van der Waals surface area (Å²) in [5.74, 6) is 0.315. The summed E-state index contributed by atoms with van der Waals surface area (Å²) in [6.07, 6.45) is 3.46. The van der Waals surface area contributed by atoms with Gasteiger partial charge in [-0.15, -0.1) is 0 Å². The highest BCUT2D eigenvalue weighted by Gasteiger charge is 2.29. The van der Waals surface area contributed by atoms with Crippen molar-refractivity contribution < 1.29 is 4.79 Å². The third-order valence-corrected chi connectivity index (χ3v) is 2.12. The van der Waals surface area contributed by atoms with Crippen molar-refractivity contribution in [3.63, 3.8) is 0 Å². The van der Waals surface area contributed by atoms with Crippen LogP contribution in [0.2, 0.25) is 0 Å². The monoisotopic (exact) mass is 178 g/mol. The van der Waals surface area contributed by atoms with E-state index < -0.39 is 0 Å². The smallest absolute Gasteiger partial charge is 0.267 e. The van der Waals surface area contributed by atoms with Crippen LogP contribution in [0.25, 0.3) is 0 Å². The molecule has 1 aromatic heterocycles. The van der Waals surface area contributed by atoms with Crippen molar-refractivity contribution in [2.45, 2.75) is 19.4 Å². The van der Waals surface area contributed by atoms with E-state index >= 15 is 0 Å². The summed E-state index contributed by atoms with van der Waals surface area (Å²) in [4.78, 5) is 22.5. The molecular weight excluding hydrogens is 168 g/mol. The molecule has 0 aromatic carbocycles. The van der Waals surface area contributed by atoms with Crippen molar-refractivity contribution in [2.75, 3.05) is 0 Å². The van der Waals surface area contributed by atoms with Crippen molar-refractivity contribution in [3.05, 3.63) is 28.7 Å². The molecule has 1 aromatic rings. The number of aromatic nitrogens is 2. The molecule has 0 aliphatic heterocycles. The lowest BCUT2D eigenvalue weighted by atomic mass is 10.3. The van der Waals surface area contributed by atoms with Gasteiger partial charge in [0.1, 0.15) is 6.54 Å². The molecule has 0 N–H and O–H groups in total. The second-order valence-electron chi connectivity index (χ2n) is 3.26. The fourth-order valence-corrected chi connectivity index (χ4v) is 1.19. The molecule has 1 saturated carbocycles. The Bertz CT molecular complexity index is 379. The van der Waals surface area contributed by atoms with Crippen molar-refractivity contribution in [1.82, 2.24) is 9.78 Å². The van der Waals surface area contributed by atoms with E-state index in [1.807, 2.05) is 0 Å². The van der Waals surface area contributed by atoms with Crippen molar-refractivity contribution in [3.8, 4) is 0 Å². The predicted octanol–water partition coefficient (Wildman–Crippen LogP) is 0.222. The molecule has 2 rings (SSSR count). The normalized spacial score (nSPS) is 15.7. The summed E-state index contributed by atoms with van der Waals surface area (Å²) in [6.45, 7) is 0.129. The molecule has 0 atom stereocenters. The van der Waals surface area contributed by atoms with Crippen molar-refractivity contribution >= 4 is 5.78 Å². The van der Waals surface area contributed by atoms with E-state index in [0.717, 1.165) is 12.8 Å². The summed E-state index contributed by atoms with van der Waals surface area (Å²) in [7, 11) is 0. The van der Waals surface area contributed by atoms with E-state index in [1.54, 1.807) is 6.07 Å². The summed E-state index contributed by atoms with van der Waals surface area (Å²) in [6, 6.07) is 2.98. The number of carbonyl (C=O) groups excluding carboxylic acids is 1. The maximum atomic E-state index is 11.3. The first-order chi connectivity index (χ1) is 6.27. The largest absolute Gasteiger partial charge is 0.297 e. The minimum atomic E-state index is -0.212. The SMILES string of the molecule is O=C(Cn1ncccc1=O)C1CC1. The first-order valence-electron chi connectivity index (χ1n) is 4.32. The molecule has 0 unspecified atom stereocenters. The van der Waals surface area contributed by atoms with Gasteiger partial charge < -0.3 is 0 Å². The summed E-state index contributed by atoms with van der Waals surface area (Å²) in [5, 5.41) is 3.81. The van der Waals surface area contributed by atoms with Crippen LogP contribution >= 0.6 is 0 Å². The molecule has 0 amide bonds. The Kier molecular flexibility index (Phi) is 1.96. The standard InChI is InChI=1S/C9H10N2O2/c12-8(7-3-4-7)6-11-9(13)2-1-5-10-11/h1-2,5,7H,3-4,6H2. The molecule has 13 heavy (non-hydrogen) atoms. The molecule has 0 bridgehead atoms. The topological polar surface area (TPSA) is 52.0 Å². The van der Waals surface area contributed by atoms with E-state index in [2.05, 4.69) is 5.10 Å². The molecule has 4 heteroatoms. The highest BCUT2D eigenvalue weighted by molar-refractivity contribution is 5.82. The van der Waals surface area contributed by atoms with Crippen molar-refractivity contribution in [1.29, 1.82) is 0 Å². The van der Waals surface area contributed by atoms with Gasteiger partial charge >= 0.3 is 0 Å². The molecule has 1 aliphatic rings. The van der Waals surface area contributed by atoms with Crippen LogP contribution in [0.1, 0.15) is 12.8 Å². The Balaban J connectivity index is 2.13. The van der Waals surface area contributed by atoms with Crippen LogP contribution in [-0.4, -0.2) is 15.6 Å². The van der Waals surface area contributed by atoms with Gasteiger partial charge in [0.05, 0.1) is 0 Å². The molecule has 0 radical (unpaired) electrons. The summed E-state index contributed by atoms with van der Waals surface area (Å²) in [5.41, 5.74) is -0.212. The van der Waals surface area contributed by atoms with Crippen LogP contribution in [0.5, 0.6) is 0 Å². The van der Waals surface area contributed by atoms with Gasteiger partial charge in [0.2, 0.25) is 0 Å². The maximum Gasteiger partial charge on any atom is 0.267 e. The first kappa shape index (κ1) is 8.16. The highest BCUT2D eigenvalue weighted by Crippen LogP contribution is 2.29. The zero-order valence-electron chi connectivity index (χ0n) is 7.14. The predicted molar refractivity (Wildman–Crippen MR) is 46.2 cm³/mol. The van der Waals surface area contributed by atoms with E-state index in [0.29, 0.717) is 0 Å². The summed E-state index contributed by atoms with van der Waals surface area (Å²) < 4.78 is 1.21. The molecule has 4 nitrogen and oxygen atoms in total. The number of Topliss-reactive ketones (excluding diaryl/α,β-unsaturated/α-hetero) is 1. The fraction of sp³-hybridized carbons (Fsp3) is 0.444. The molecular formula is C9H10N2O2. The van der Waals surface area contributed by atoms with Crippen LogP contribution in [-0.2, 0) is 11.3 Å². The number of hydrogen-bond acceptors (Lipinski definition) is 3. The van der Waals surface area contributed by atoms with E-state index in [4.69, 9.17) is 0 Å². The molecule has 1 aliphatic carbocycles. The van der Waals surface area contributed by atoms with Gasteiger partial charge in [-0.1, -0.05) is 0 Å². The van der Waals surface area contributed by atoms with Crippen LogP contribution in [0.3, 0.4) is 0 Å². The van der Waals surface area contributed by atoms with E-state index in [9.17, 15) is 9.59 Å². The van der Waals surface area contributed by atoms with Gasteiger partial charge in [0, 0.05) is 18.2 Å². The Hall–Kier alpha value is -1.45. The quantitative estimate of drug-likeness (QED) is 0.665. The minimum absolute atomic E-state index is 0.126. The second kappa shape index (κ2) is 3.12. The number of hydrogen-bond donors (Lipinski definition) is 0. The van der Waals surface area contributed by atoms with Gasteiger partial charge in [-0.05, 0) is 18.9 Å². The Morgan fingerprint density at radius 3 is 3.00 bits per heavy atom. The van der Waals surface area contributed by atoms with Gasteiger partial charge in [0.25, 0.3) is 5.56 Å². The summed E-state index contributed by atoms with van der Waals surface area (Å²) >= 11 is 0. The lowest BCUT2D eigenvalue weighted by Crippen LogP contribution is -2.26. The zero-order chi connectivity index (χ0) is 9.26. The Labute approximate surface area is 75.2 Å². The molecule has 1 fully saturated rings. The van der Waals surface area contributed by atoms with E-state index in [-0.39, 0.29) is 23.8 Å². The minimum Gasteiger partial charge on any atom is -0.297 e. The average Bonchev–Trinajstić information content (AvgIpc) is 2.91. The number of nitrogens with zero attached hydrogens (tertiary/aromatic N) is 2. The molecule has 0 spiro atoms. The maximum absolute atomic E-state index is 11.3. The van der Waals surface area contributed by atoms with E-state index in [1.165, 1.54) is 16.9 Å². The third kappa shape index (κ3) is 1.83. The fourth-order valence-electron chi connectivity index (χ4n) is 1.19. The van der Waals surface area contributed by atoms with Gasteiger partial charge in [0.15, 0.2) is 5.78 Å².